The summed E-state index contributed by atoms with van der Waals surface area (Å²) in [6.07, 6.45) is 0.649. The van der Waals surface area contributed by atoms with Crippen LogP contribution in [0.5, 0.6) is 5.75 Å². The smallest absolute Gasteiger partial charge is 0.319 e. The first-order chi connectivity index (χ1) is 11.6. The van der Waals surface area contributed by atoms with Crippen molar-refractivity contribution in [1.82, 2.24) is 5.32 Å². The number of ether oxygens (including phenoxy) is 1. The van der Waals surface area contributed by atoms with Gasteiger partial charge in [-0.05, 0) is 31.0 Å². The predicted octanol–water partition coefficient (Wildman–Crippen LogP) is 3.49. The maximum Gasteiger partial charge on any atom is 0.319 e. The van der Waals surface area contributed by atoms with Crippen LogP contribution < -0.4 is 15.4 Å². The maximum absolute atomic E-state index is 11.7. The topological polar surface area (TPSA) is 93.5 Å². The number of hydrogen-bond acceptors (Lipinski definition) is 4. The molecule has 0 atom stereocenters. The second kappa shape index (κ2) is 8.52. The monoisotopic (exact) mass is 329 g/mol. The summed E-state index contributed by atoms with van der Waals surface area (Å²) in [5.41, 5.74) is 1.37. The van der Waals surface area contributed by atoms with Crippen molar-refractivity contribution in [1.29, 1.82) is 0 Å². The molecule has 2 aromatic carbocycles. The fraction of sp³-hybridized carbons (Fsp3) is 0.235. The number of nitrogens with one attached hydrogen (secondary N) is 2. The van der Waals surface area contributed by atoms with Gasteiger partial charge in [0.25, 0.3) is 5.69 Å². The number of anilines is 1. The Morgan fingerprint density at radius 2 is 2.00 bits per heavy atom. The molecule has 2 rings (SSSR count). The van der Waals surface area contributed by atoms with E-state index in [-0.39, 0.29) is 5.69 Å². The number of non-ortho nitro benzene ring substituents is 1. The van der Waals surface area contributed by atoms with E-state index in [1.54, 1.807) is 6.07 Å². The normalized spacial score (nSPS) is 10.0. The lowest BCUT2D eigenvalue weighted by Gasteiger charge is -2.10. The molecule has 0 fully saturated rings. The third-order valence-electron chi connectivity index (χ3n) is 3.27. The molecule has 0 heterocycles. The maximum atomic E-state index is 11.7. The molecule has 7 nitrogen and oxygen atoms in total. The molecule has 0 spiro atoms. The zero-order chi connectivity index (χ0) is 17.4. The Hall–Kier alpha value is -3.09. The van der Waals surface area contributed by atoms with Gasteiger partial charge < -0.3 is 15.4 Å². The van der Waals surface area contributed by atoms with Crippen LogP contribution in [0, 0.1) is 17.0 Å². The number of carbonyl (C=O) groups excluding carboxylic acids is 1. The molecule has 7 heteroatoms. The number of para-hydroxylation sites is 1. The quantitative estimate of drug-likeness (QED) is 0.462. The average molecular weight is 329 g/mol. The standard InChI is InChI=1S/C17H19N3O4/c1-13-6-2-3-9-16(13)24-11-5-10-18-17(21)19-14-7-4-8-15(12-14)20(22)23/h2-4,6-9,12H,5,10-11H2,1H3,(H2,18,19,21). The van der Waals surface area contributed by atoms with Crippen LogP contribution in [0.25, 0.3) is 0 Å². The molecule has 2 amide bonds. The molecule has 24 heavy (non-hydrogen) atoms. The first kappa shape index (κ1) is 17.3. The summed E-state index contributed by atoms with van der Waals surface area (Å²) < 4.78 is 5.63. The van der Waals surface area contributed by atoms with E-state index < -0.39 is 11.0 Å². The summed E-state index contributed by atoms with van der Waals surface area (Å²) in [6, 6.07) is 13.1. The fourth-order valence-corrected chi connectivity index (χ4v) is 2.05. The van der Waals surface area contributed by atoms with Crippen LogP contribution in [0.3, 0.4) is 0 Å². The SMILES string of the molecule is Cc1ccccc1OCCCNC(=O)Nc1cccc([N+](=O)[O-])c1. The largest absolute Gasteiger partial charge is 0.493 e. The van der Waals surface area contributed by atoms with Gasteiger partial charge in [0.2, 0.25) is 0 Å². The number of rotatable bonds is 7. The Bertz CT molecular complexity index is 718. The molecule has 0 aromatic heterocycles. The minimum atomic E-state index is -0.508. The van der Waals surface area contributed by atoms with Gasteiger partial charge in [0, 0.05) is 24.4 Å². The van der Waals surface area contributed by atoms with Crippen molar-refractivity contribution < 1.29 is 14.5 Å². The van der Waals surface area contributed by atoms with Gasteiger partial charge in [0.05, 0.1) is 11.5 Å². The van der Waals surface area contributed by atoms with Crippen LogP contribution in [0.4, 0.5) is 16.2 Å². The zero-order valence-corrected chi connectivity index (χ0v) is 13.3. The van der Waals surface area contributed by atoms with Crippen LogP contribution >= 0.6 is 0 Å². The summed E-state index contributed by atoms with van der Waals surface area (Å²) in [6.45, 7) is 2.90. The van der Waals surface area contributed by atoms with Gasteiger partial charge >= 0.3 is 6.03 Å². The van der Waals surface area contributed by atoms with E-state index in [1.807, 2.05) is 31.2 Å². The molecule has 2 aromatic rings. The van der Waals surface area contributed by atoms with Gasteiger partial charge in [-0.15, -0.1) is 0 Å². The highest BCUT2D eigenvalue weighted by atomic mass is 16.6. The van der Waals surface area contributed by atoms with Crippen LogP contribution in [-0.4, -0.2) is 24.1 Å². The van der Waals surface area contributed by atoms with E-state index in [0.29, 0.717) is 25.3 Å². The first-order valence-electron chi connectivity index (χ1n) is 7.54. The van der Waals surface area contributed by atoms with Gasteiger partial charge in [-0.3, -0.25) is 10.1 Å². The molecule has 0 bridgehead atoms. The van der Waals surface area contributed by atoms with Gasteiger partial charge in [-0.1, -0.05) is 24.3 Å². The number of urea groups is 1. The molecule has 2 N–H and O–H groups in total. The second-order valence-corrected chi connectivity index (χ2v) is 5.16. The minimum absolute atomic E-state index is 0.0700. The molecular weight excluding hydrogens is 310 g/mol. The fourth-order valence-electron chi connectivity index (χ4n) is 2.05. The van der Waals surface area contributed by atoms with Gasteiger partial charge in [0.15, 0.2) is 0 Å². The Morgan fingerprint density at radius 3 is 2.75 bits per heavy atom. The molecule has 0 unspecified atom stereocenters. The second-order valence-electron chi connectivity index (χ2n) is 5.16. The number of benzene rings is 2. The summed E-state index contributed by atoms with van der Waals surface area (Å²) in [5, 5.41) is 15.9. The van der Waals surface area contributed by atoms with Crippen LogP contribution in [-0.2, 0) is 0 Å². The number of nitro benzene ring substituents is 1. The molecular formula is C17H19N3O4. The van der Waals surface area contributed by atoms with Crippen LogP contribution in [0.15, 0.2) is 48.5 Å². The Balaban J connectivity index is 1.69. The molecule has 0 aliphatic carbocycles. The molecule has 0 saturated carbocycles. The number of aryl methyl sites for hydroxylation is 1. The van der Waals surface area contributed by atoms with Crippen molar-refractivity contribution in [3.05, 3.63) is 64.2 Å². The molecule has 0 aliphatic heterocycles. The van der Waals surface area contributed by atoms with Gasteiger partial charge in [-0.2, -0.15) is 0 Å². The number of amides is 2. The van der Waals surface area contributed by atoms with E-state index in [4.69, 9.17) is 4.74 Å². The Labute approximate surface area is 139 Å². The zero-order valence-electron chi connectivity index (χ0n) is 13.3. The van der Waals surface area contributed by atoms with E-state index in [0.717, 1.165) is 11.3 Å². The van der Waals surface area contributed by atoms with E-state index >= 15 is 0 Å². The van der Waals surface area contributed by atoms with Crippen molar-refractivity contribution in [3.63, 3.8) is 0 Å². The molecule has 126 valence electrons. The molecule has 0 aliphatic rings. The van der Waals surface area contributed by atoms with Gasteiger partial charge in [-0.25, -0.2) is 4.79 Å². The van der Waals surface area contributed by atoms with E-state index in [1.165, 1.54) is 18.2 Å². The van der Waals surface area contributed by atoms with E-state index in [9.17, 15) is 14.9 Å². The lowest BCUT2D eigenvalue weighted by atomic mass is 10.2. The third kappa shape index (κ3) is 5.28. The number of hydrogen-bond donors (Lipinski definition) is 2. The number of nitro groups is 1. The minimum Gasteiger partial charge on any atom is -0.493 e. The highest BCUT2D eigenvalue weighted by molar-refractivity contribution is 5.89. The van der Waals surface area contributed by atoms with Crippen LogP contribution in [0.2, 0.25) is 0 Å². The summed E-state index contributed by atoms with van der Waals surface area (Å²) in [4.78, 5) is 21.9. The van der Waals surface area contributed by atoms with Crippen molar-refractivity contribution in [2.45, 2.75) is 13.3 Å². The Kier molecular flexibility index (Phi) is 6.13. The first-order valence-corrected chi connectivity index (χ1v) is 7.54. The van der Waals surface area contributed by atoms with Crippen molar-refractivity contribution in [2.24, 2.45) is 0 Å². The van der Waals surface area contributed by atoms with Crippen LogP contribution in [0.1, 0.15) is 12.0 Å². The molecule has 0 saturated heterocycles. The third-order valence-corrected chi connectivity index (χ3v) is 3.27. The highest BCUT2D eigenvalue weighted by Crippen LogP contribution is 2.17. The number of carbonyl (C=O) groups is 1. The lowest BCUT2D eigenvalue weighted by molar-refractivity contribution is -0.384. The predicted molar refractivity (Wildman–Crippen MR) is 91.4 cm³/mol. The summed E-state index contributed by atoms with van der Waals surface area (Å²) in [7, 11) is 0. The highest BCUT2D eigenvalue weighted by Gasteiger charge is 2.07. The average Bonchev–Trinajstić information content (AvgIpc) is 2.56. The van der Waals surface area contributed by atoms with Gasteiger partial charge in [0.1, 0.15) is 5.75 Å². The van der Waals surface area contributed by atoms with E-state index in [2.05, 4.69) is 10.6 Å². The van der Waals surface area contributed by atoms with Crippen molar-refractivity contribution >= 4 is 17.4 Å². The van der Waals surface area contributed by atoms with Crippen molar-refractivity contribution in [2.75, 3.05) is 18.5 Å². The summed E-state index contributed by atoms with van der Waals surface area (Å²) >= 11 is 0. The lowest BCUT2D eigenvalue weighted by Crippen LogP contribution is -2.30. The Morgan fingerprint density at radius 1 is 1.21 bits per heavy atom. The summed E-state index contributed by atoms with van der Waals surface area (Å²) in [5.74, 6) is 0.832. The van der Waals surface area contributed by atoms with Crippen molar-refractivity contribution in [3.8, 4) is 5.75 Å². The molecule has 0 radical (unpaired) electrons. The number of nitrogens with zero attached hydrogens (tertiary/aromatic N) is 1.